The Kier molecular flexibility index (Phi) is 8.60. The van der Waals surface area contributed by atoms with Crippen LogP contribution in [0, 0.1) is 6.92 Å². The Labute approximate surface area is 112 Å². The first-order chi connectivity index (χ1) is 8.33. The predicted molar refractivity (Wildman–Crippen MR) is 74.0 cm³/mol. The second-order valence-electron chi connectivity index (χ2n) is 3.61. The van der Waals surface area contributed by atoms with Gasteiger partial charge in [0.2, 0.25) is 0 Å². The molecule has 17 heavy (non-hydrogen) atoms. The summed E-state index contributed by atoms with van der Waals surface area (Å²) >= 11 is 3.26. The Morgan fingerprint density at radius 2 is 2.24 bits per heavy atom. The lowest BCUT2D eigenvalue weighted by Crippen LogP contribution is -2.18. The molecule has 4 nitrogen and oxygen atoms in total. The van der Waals surface area contributed by atoms with Gasteiger partial charge in [-0.25, -0.2) is 4.98 Å². The number of nitrogens with one attached hydrogen (secondary N) is 1. The fourth-order valence-corrected chi connectivity index (χ4v) is 2.88. The maximum absolute atomic E-state index is 5.28. The molecule has 0 saturated carbocycles. The molecule has 0 aliphatic heterocycles. The van der Waals surface area contributed by atoms with Gasteiger partial charge in [0.25, 0.3) is 0 Å². The summed E-state index contributed by atoms with van der Waals surface area (Å²) < 4.78 is 10.5. The summed E-state index contributed by atoms with van der Waals surface area (Å²) in [4.78, 5) is 4.30. The molecule has 6 heteroatoms. The first-order valence-electron chi connectivity index (χ1n) is 6.04. The van der Waals surface area contributed by atoms with Gasteiger partial charge in [0.1, 0.15) is 5.82 Å². The van der Waals surface area contributed by atoms with E-state index in [0.717, 1.165) is 48.6 Å². The van der Waals surface area contributed by atoms with Crippen molar-refractivity contribution in [1.29, 1.82) is 0 Å². The van der Waals surface area contributed by atoms with Gasteiger partial charge < -0.3 is 10.1 Å². The molecule has 0 amide bonds. The zero-order valence-corrected chi connectivity index (χ0v) is 12.2. The quantitative estimate of drug-likeness (QED) is 0.524. The first-order valence-corrected chi connectivity index (χ1v) is 7.80. The largest absolute Gasteiger partial charge is 0.382 e. The smallest absolute Gasteiger partial charge is 0.170 e. The standard InChI is InChI=1S/C11H21N3OS2/c1-3-15-8-5-4-6-12-7-9-16-11-13-10(2)14-17-11/h12H,3-9H2,1-2H3. The van der Waals surface area contributed by atoms with Crippen molar-refractivity contribution >= 4 is 23.3 Å². The summed E-state index contributed by atoms with van der Waals surface area (Å²) in [6, 6.07) is 0. The Bertz CT molecular complexity index is 294. The van der Waals surface area contributed by atoms with Gasteiger partial charge >= 0.3 is 0 Å². The third-order valence-electron chi connectivity index (χ3n) is 2.11. The Morgan fingerprint density at radius 3 is 2.94 bits per heavy atom. The molecular formula is C11H21N3OS2. The Morgan fingerprint density at radius 1 is 1.35 bits per heavy atom. The Hall–Kier alpha value is -0.170. The number of nitrogens with zero attached hydrogens (tertiary/aromatic N) is 2. The number of hydrogen-bond acceptors (Lipinski definition) is 6. The summed E-state index contributed by atoms with van der Waals surface area (Å²) in [5.74, 6) is 1.93. The summed E-state index contributed by atoms with van der Waals surface area (Å²) in [5, 5.41) is 3.42. The van der Waals surface area contributed by atoms with Crippen molar-refractivity contribution in [2.45, 2.75) is 31.0 Å². The maximum atomic E-state index is 5.28. The summed E-state index contributed by atoms with van der Waals surface area (Å²) in [7, 11) is 0. The van der Waals surface area contributed by atoms with Gasteiger partial charge in [-0.1, -0.05) is 11.8 Å². The molecular weight excluding hydrogens is 254 g/mol. The van der Waals surface area contributed by atoms with E-state index in [0.29, 0.717) is 0 Å². The van der Waals surface area contributed by atoms with Crippen molar-refractivity contribution < 1.29 is 4.74 Å². The molecule has 0 aliphatic rings. The van der Waals surface area contributed by atoms with Crippen LogP contribution in [0.3, 0.4) is 0 Å². The lowest BCUT2D eigenvalue weighted by Gasteiger charge is -2.03. The van der Waals surface area contributed by atoms with E-state index >= 15 is 0 Å². The van der Waals surface area contributed by atoms with Gasteiger partial charge in [0.05, 0.1) is 0 Å². The minimum Gasteiger partial charge on any atom is -0.382 e. The molecule has 98 valence electrons. The van der Waals surface area contributed by atoms with Crippen LogP contribution in [0.4, 0.5) is 0 Å². The van der Waals surface area contributed by atoms with E-state index < -0.39 is 0 Å². The van der Waals surface area contributed by atoms with Gasteiger partial charge in [-0.15, -0.1) is 0 Å². The van der Waals surface area contributed by atoms with Gasteiger partial charge in [-0.3, -0.25) is 0 Å². The van der Waals surface area contributed by atoms with E-state index in [-0.39, 0.29) is 0 Å². The highest BCUT2D eigenvalue weighted by molar-refractivity contribution is 8.00. The monoisotopic (exact) mass is 275 g/mol. The molecule has 1 N–H and O–H groups in total. The predicted octanol–water partition coefficient (Wildman–Crippen LogP) is 2.34. The number of hydrogen-bond donors (Lipinski definition) is 1. The highest BCUT2D eigenvalue weighted by Gasteiger charge is 1.99. The van der Waals surface area contributed by atoms with Crippen LogP contribution in [0.1, 0.15) is 25.6 Å². The van der Waals surface area contributed by atoms with Crippen LogP contribution in [0.2, 0.25) is 0 Å². The molecule has 1 aromatic heterocycles. The number of ether oxygens (including phenoxy) is 1. The molecule has 0 aromatic carbocycles. The maximum Gasteiger partial charge on any atom is 0.170 e. The molecule has 0 unspecified atom stereocenters. The SMILES string of the molecule is CCOCCCCNCCSc1nc(C)ns1. The van der Waals surface area contributed by atoms with Crippen LogP contribution in [0.15, 0.2) is 4.34 Å². The molecule has 1 aromatic rings. The molecule has 0 bridgehead atoms. The summed E-state index contributed by atoms with van der Waals surface area (Å²) in [5.41, 5.74) is 0. The van der Waals surface area contributed by atoms with Crippen molar-refractivity contribution in [3.05, 3.63) is 5.82 Å². The third kappa shape index (κ3) is 7.70. The summed E-state index contributed by atoms with van der Waals surface area (Å²) in [6.07, 6.45) is 2.33. The number of aryl methyl sites for hydroxylation is 1. The number of thioether (sulfide) groups is 1. The topological polar surface area (TPSA) is 47.0 Å². The van der Waals surface area contributed by atoms with E-state index in [1.54, 1.807) is 11.8 Å². The van der Waals surface area contributed by atoms with Crippen molar-refractivity contribution in [3.63, 3.8) is 0 Å². The molecule has 0 atom stereocenters. The van der Waals surface area contributed by atoms with Gasteiger partial charge in [-0.05, 0) is 44.8 Å². The van der Waals surface area contributed by atoms with E-state index in [2.05, 4.69) is 14.7 Å². The van der Waals surface area contributed by atoms with E-state index in [9.17, 15) is 0 Å². The molecule has 0 aliphatic carbocycles. The van der Waals surface area contributed by atoms with Gasteiger partial charge in [0, 0.05) is 25.5 Å². The minimum absolute atomic E-state index is 0.825. The molecule has 0 fully saturated rings. The molecule has 1 heterocycles. The average molecular weight is 275 g/mol. The van der Waals surface area contributed by atoms with Crippen LogP contribution in [-0.4, -0.2) is 41.4 Å². The summed E-state index contributed by atoms with van der Waals surface area (Å²) in [6.45, 7) is 7.77. The zero-order chi connectivity index (χ0) is 12.3. The van der Waals surface area contributed by atoms with E-state index in [4.69, 9.17) is 4.74 Å². The number of unbranched alkanes of at least 4 members (excludes halogenated alkanes) is 1. The molecule has 0 spiro atoms. The fourth-order valence-electron chi connectivity index (χ4n) is 1.27. The Balaban J connectivity index is 1.84. The molecule has 0 radical (unpaired) electrons. The van der Waals surface area contributed by atoms with Crippen molar-refractivity contribution in [1.82, 2.24) is 14.7 Å². The second-order valence-corrected chi connectivity index (χ2v) is 5.70. The highest BCUT2D eigenvalue weighted by atomic mass is 32.2. The van der Waals surface area contributed by atoms with Crippen molar-refractivity contribution in [2.24, 2.45) is 0 Å². The fraction of sp³-hybridized carbons (Fsp3) is 0.818. The zero-order valence-electron chi connectivity index (χ0n) is 10.6. The van der Waals surface area contributed by atoms with E-state index in [1.165, 1.54) is 18.0 Å². The molecule has 0 saturated heterocycles. The van der Waals surface area contributed by atoms with Crippen molar-refractivity contribution in [3.8, 4) is 0 Å². The van der Waals surface area contributed by atoms with Crippen molar-refractivity contribution in [2.75, 3.05) is 32.1 Å². The minimum atomic E-state index is 0.825. The van der Waals surface area contributed by atoms with Crippen LogP contribution in [0.5, 0.6) is 0 Å². The van der Waals surface area contributed by atoms with Gasteiger partial charge in [-0.2, -0.15) is 4.37 Å². The van der Waals surface area contributed by atoms with Crippen LogP contribution in [0.25, 0.3) is 0 Å². The van der Waals surface area contributed by atoms with Gasteiger partial charge in [0.15, 0.2) is 4.34 Å². The number of aromatic nitrogens is 2. The number of rotatable bonds is 10. The first kappa shape index (κ1) is 14.9. The highest BCUT2D eigenvalue weighted by Crippen LogP contribution is 2.18. The van der Waals surface area contributed by atoms with Crippen LogP contribution >= 0.6 is 23.3 Å². The average Bonchev–Trinajstić information content (AvgIpc) is 2.73. The normalized spacial score (nSPS) is 10.9. The molecule has 1 rings (SSSR count). The lowest BCUT2D eigenvalue weighted by atomic mass is 10.3. The third-order valence-corrected chi connectivity index (χ3v) is 4.04. The van der Waals surface area contributed by atoms with E-state index in [1.807, 2.05) is 13.8 Å². The second kappa shape index (κ2) is 9.82. The van der Waals surface area contributed by atoms with Crippen LogP contribution < -0.4 is 5.32 Å². The lowest BCUT2D eigenvalue weighted by molar-refractivity contribution is 0.143. The van der Waals surface area contributed by atoms with Crippen LogP contribution in [-0.2, 0) is 4.74 Å².